The van der Waals surface area contributed by atoms with Crippen molar-refractivity contribution in [2.45, 2.75) is 24.8 Å². The van der Waals surface area contributed by atoms with E-state index in [2.05, 4.69) is 10.2 Å². The molecule has 2 aliphatic rings. The monoisotopic (exact) mass is 417 g/mol. The van der Waals surface area contributed by atoms with E-state index >= 15 is 0 Å². The van der Waals surface area contributed by atoms with Gasteiger partial charge in [-0.25, -0.2) is 4.79 Å². The van der Waals surface area contributed by atoms with Crippen molar-refractivity contribution in [3.05, 3.63) is 69.7 Å². The van der Waals surface area contributed by atoms with Crippen LogP contribution in [0.3, 0.4) is 0 Å². The van der Waals surface area contributed by atoms with Crippen LogP contribution >= 0.6 is 23.2 Å². The van der Waals surface area contributed by atoms with Crippen molar-refractivity contribution in [1.82, 2.24) is 15.1 Å². The Morgan fingerprint density at radius 3 is 1.82 bits per heavy atom. The fourth-order valence-corrected chi connectivity index (χ4v) is 4.38. The molecule has 4 rings (SSSR count). The van der Waals surface area contributed by atoms with E-state index in [1.807, 2.05) is 0 Å². The van der Waals surface area contributed by atoms with Crippen LogP contribution in [-0.4, -0.2) is 41.5 Å². The quantitative estimate of drug-likeness (QED) is 0.757. The van der Waals surface area contributed by atoms with Gasteiger partial charge in [0, 0.05) is 10.0 Å². The van der Waals surface area contributed by atoms with E-state index < -0.39 is 5.54 Å². The van der Waals surface area contributed by atoms with Crippen molar-refractivity contribution in [2.24, 2.45) is 0 Å². The first kappa shape index (κ1) is 19.2. The minimum absolute atomic E-state index is 0.362. The molecule has 2 aromatic rings. The van der Waals surface area contributed by atoms with Crippen molar-refractivity contribution < 1.29 is 9.59 Å². The molecule has 0 spiro atoms. The van der Waals surface area contributed by atoms with E-state index in [4.69, 9.17) is 23.2 Å². The molecule has 0 aliphatic carbocycles. The summed E-state index contributed by atoms with van der Waals surface area (Å²) in [4.78, 5) is 30.0. The number of hydrogen-bond acceptors (Lipinski definition) is 3. The molecule has 0 radical (unpaired) electrons. The van der Waals surface area contributed by atoms with Gasteiger partial charge >= 0.3 is 6.03 Å². The first-order valence-corrected chi connectivity index (χ1v) is 10.1. The van der Waals surface area contributed by atoms with E-state index in [9.17, 15) is 9.59 Å². The summed E-state index contributed by atoms with van der Waals surface area (Å²) in [6.45, 7) is 2.20. The largest absolute Gasteiger partial charge is 0.326 e. The van der Waals surface area contributed by atoms with Crippen molar-refractivity contribution in [1.29, 1.82) is 0 Å². The average molecular weight is 418 g/mol. The normalized spacial score (nSPS) is 19.7. The summed E-state index contributed by atoms with van der Waals surface area (Å²) in [5.74, 6) is -0.362. The predicted molar refractivity (Wildman–Crippen MR) is 109 cm³/mol. The number of halogens is 2. The van der Waals surface area contributed by atoms with Crippen molar-refractivity contribution in [3.8, 4) is 0 Å². The first-order valence-electron chi connectivity index (χ1n) is 9.39. The molecule has 0 unspecified atom stereocenters. The maximum absolute atomic E-state index is 13.3. The van der Waals surface area contributed by atoms with Gasteiger partial charge in [-0.3, -0.25) is 19.9 Å². The zero-order valence-corrected chi connectivity index (χ0v) is 16.8. The average Bonchev–Trinajstić information content (AvgIpc) is 2.94. The minimum atomic E-state index is -1.26. The number of imide groups is 1. The van der Waals surface area contributed by atoms with Crippen LogP contribution in [0.2, 0.25) is 10.0 Å². The first-order chi connectivity index (χ1) is 13.5. The maximum atomic E-state index is 13.3. The summed E-state index contributed by atoms with van der Waals surface area (Å²) in [7, 11) is 0. The Labute approximate surface area is 174 Å². The third-order valence-corrected chi connectivity index (χ3v) is 6.02. The Kier molecular flexibility index (Phi) is 5.32. The van der Waals surface area contributed by atoms with Gasteiger partial charge in [-0.15, -0.1) is 0 Å². The molecule has 0 saturated carbocycles. The summed E-state index contributed by atoms with van der Waals surface area (Å²) in [5, 5.41) is 3.67. The highest BCUT2D eigenvalue weighted by Crippen LogP contribution is 2.41. The molecule has 2 aliphatic heterocycles. The Bertz CT molecular complexity index is 832. The SMILES string of the molecule is O=C1NC(=O)C(c2ccc(Cl)cc2)(c2ccc(Cl)cc2)N1CN1CCCCC1. The number of rotatable bonds is 4. The van der Waals surface area contributed by atoms with E-state index in [0.717, 1.165) is 25.9 Å². The molecule has 5 nitrogen and oxygen atoms in total. The number of carbonyl (C=O) groups excluding carboxylic acids is 2. The van der Waals surface area contributed by atoms with Crippen LogP contribution in [0.15, 0.2) is 48.5 Å². The zero-order valence-electron chi connectivity index (χ0n) is 15.3. The van der Waals surface area contributed by atoms with Gasteiger partial charge in [-0.1, -0.05) is 53.9 Å². The molecule has 2 fully saturated rings. The number of nitrogens with one attached hydrogen (secondary N) is 1. The number of benzene rings is 2. The van der Waals surface area contributed by atoms with Gasteiger partial charge in [0.25, 0.3) is 5.91 Å². The van der Waals surface area contributed by atoms with Crippen molar-refractivity contribution in [3.63, 3.8) is 0 Å². The van der Waals surface area contributed by atoms with E-state index in [0.29, 0.717) is 27.8 Å². The Morgan fingerprint density at radius 1 is 0.821 bits per heavy atom. The highest BCUT2D eigenvalue weighted by molar-refractivity contribution is 6.31. The lowest BCUT2D eigenvalue weighted by molar-refractivity contribution is -0.125. The van der Waals surface area contributed by atoms with Gasteiger partial charge in [0.1, 0.15) is 0 Å². The minimum Gasteiger partial charge on any atom is -0.289 e. The summed E-state index contributed by atoms with van der Waals surface area (Å²) in [5.41, 5.74) is 0.128. The number of hydrogen-bond donors (Lipinski definition) is 1. The van der Waals surface area contributed by atoms with Crippen LogP contribution in [0, 0.1) is 0 Å². The third kappa shape index (κ3) is 3.28. The van der Waals surface area contributed by atoms with Crippen molar-refractivity contribution in [2.75, 3.05) is 19.8 Å². The Hall–Kier alpha value is -2.08. The number of likely N-dealkylation sites (tertiary alicyclic amines) is 1. The topological polar surface area (TPSA) is 52.7 Å². The fraction of sp³-hybridized carbons (Fsp3) is 0.333. The molecule has 28 heavy (non-hydrogen) atoms. The molecule has 0 aromatic heterocycles. The lowest BCUT2D eigenvalue weighted by atomic mass is 9.81. The van der Waals surface area contributed by atoms with E-state index in [-0.39, 0.29) is 11.9 Å². The summed E-state index contributed by atoms with van der Waals surface area (Å²) in [6.07, 6.45) is 3.39. The molecule has 2 aromatic carbocycles. The van der Waals surface area contributed by atoms with Crippen molar-refractivity contribution >= 4 is 35.1 Å². The van der Waals surface area contributed by atoms with Gasteiger partial charge in [-0.05, 0) is 61.3 Å². The van der Waals surface area contributed by atoms with Gasteiger partial charge in [0.2, 0.25) is 0 Å². The molecule has 3 amide bonds. The number of carbonyl (C=O) groups is 2. The Balaban J connectivity index is 1.85. The number of nitrogens with zero attached hydrogens (tertiary/aromatic N) is 2. The zero-order chi connectivity index (χ0) is 19.7. The lowest BCUT2D eigenvalue weighted by Gasteiger charge is -2.40. The van der Waals surface area contributed by atoms with Gasteiger partial charge in [0.05, 0.1) is 6.67 Å². The van der Waals surface area contributed by atoms with Gasteiger partial charge in [0.15, 0.2) is 5.54 Å². The molecule has 0 atom stereocenters. The maximum Gasteiger partial charge on any atom is 0.326 e. The Morgan fingerprint density at radius 2 is 1.32 bits per heavy atom. The highest BCUT2D eigenvalue weighted by atomic mass is 35.5. The number of piperidine rings is 1. The molecule has 7 heteroatoms. The van der Waals surface area contributed by atoms with Crippen LogP contribution < -0.4 is 5.32 Å². The molecule has 1 N–H and O–H groups in total. The van der Waals surface area contributed by atoms with E-state index in [1.54, 1.807) is 53.4 Å². The summed E-state index contributed by atoms with van der Waals surface area (Å²) < 4.78 is 0. The molecule has 2 heterocycles. The van der Waals surface area contributed by atoms with Gasteiger partial charge in [-0.2, -0.15) is 0 Å². The second-order valence-corrected chi connectivity index (χ2v) is 8.10. The van der Waals surface area contributed by atoms with Crippen LogP contribution in [0.1, 0.15) is 30.4 Å². The highest BCUT2D eigenvalue weighted by Gasteiger charge is 2.55. The second kappa shape index (κ2) is 7.74. The smallest absolute Gasteiger partial charge is 0.289 e. The van der Waals surface area contributed by atoms with Crippen LogP contribution in [0.25, 0.3) is 0 Å². The fourth-order valence-electron chi connectivity index (χ4n) is 4.12. The summed E-state index contributed by atoms with van der Waals surface area (Å²) >= 11 is 12.2. The second-order valence-electron chi connectivity index (χ2n) is 7.23. The molecular formula is C21H21Cl2N3O2. The lowest BCUT2D eigenvalue weighted by Crippen LogP contribution is -2.52. The van der Waals surface area contributed by atoms with Gasteiger partial charge < -0.3 is 0 Å². The summed E-state index contributed by atoms with van der Waals surface area (Å²) in [6, 6.07) is 13.8. The molecule has 146 valence electrons. The number of urea groups is 1. The third-order valence-electron chi connectivity index (χ3n) is 5.51. The number of amides is 3. The molecular weight excluding hydrogens is 397 g/mol. The van der Waals surface area contributed by atoms with Crippen LogP contribution in [-0.2, 0) is 10.3 Å². The van der Waals surface area contributed by atoms with Crippen LogP contribution in [0.4, 0.5) is 4.79 Å². The van der Waals surface area contributed by atoms with E-state index in [1.165, 1.54) is 6.42 Å². The molecule has 2 saturated heterocycles. The predicted octanol–water partition coefficient (Wildman–Crippen LogP) is 4.23. The molecule has 0 bridgehead atoms. The van der Waals surface area contributed by atoms with Crippen LogP contribution in [0.5, 0.6) is 0 Å². The standard InChI is InChI=1S/C21H21Cl2N3O2/c22-17-8-4-15(5-9-17)21(16-6-10-18(23)11-7-16)19(27)24-20(28)26(21)14-25-12-2-1-3-13-25/h4-11H,1-3,12-14H2,(H,24,27,28).